The van der Waals surface area contributed by atoms with E-state index in [1.807, 2.05) is 0 Å². The minimum atomic E-state index is -0.178. The molecule has 0 aromatic carbocycles. The number of carbonyl (C=O) groups is 3. The van der Waals surface area contributed by atoms with Gasteiger partial charge in [-0.15, -0.1) is 0 Å². The molecule has 6 heteroatoms. The predicted octanol–water partition coefficient (Wildman–Crippen LogP) is -0.634. The minimum Gasteiger partial charge on any atom is -0.396 e. The summed E-state index contributed by atoms with van der Waals surface area (Å²) in [7, 11) is 0. The lowest BCUT2D eigenvalue weighted by atomic mass is 10.1. The van der Waals surface area contributed by atoms with Crippen LogP contribution in [0.3, 0.4) is 0 Å². The maximum atomic E-state index is 11.9. The molecule has 2 aliphatic rings. The summed E-state index contributed by atoms with van der Waals surface area (Å²) in [6, 6.07) is 0. The Kier molecular flexibility index (Phi) is 3.96. The second-order valence-corrected chi connectivity index (χ2v) is 4.87. The van der Waals surface area contributed by atoms with Gasteiger partial charge in [0.05, 0.1) is 0 Å². The van der Waals surface area contributed by atoms with E-state index in [0.717, 1.165) is 6.42 Å². The SMILES string of the molecule is O=C(CCN1C(=O)CCC1=O)N1CCC(CO)C1. The van der Waals surface area contributed by atoms with Crippen LogP contribution >= 0.6 is 0 Å². The lowest BCUT2D eigenvalue weighted by Crippen LogP contribution is -2.35. The molecule has 0 saturated carbocycles. The largest absolute Gasteiger partial charge is 0.396 e. The first-order valence-corrected chi connectivity index (χ1v) is 6.33. The molecular weight excluding hydrogens is 236 g/mol. The van der Waals surface area contributed by atoms with Crippen molar-refractivity contribution in [2.24, 2.45) is 5.92 Å². The third-order valence-electron chi connectivity index (χ3n) is 3.60. The van der Waals surface area contributed by atoms with Crippen molar-refractivity contribution in [2.45, 2.75) is 25.7 Å². The summed E-state index contributed by atoms with van der Waals surface area (Å²) in [5.74, 6) is -0.229. The molecule has 6 nitrogen and oxygen atoms in total. The fraction of sp³-hybridized carbons (Fsp3) is 0.750. The number of hydrogen-bond donors (Lipinski definition) is 1. The molecule has 1 unspecified atom stereocenters. The lowest BCUT2D eigenvalue weighted by Gasteiger charge is -2.18. The van der Waals surface area contributed by atoms with Crippen molar-refractivity contribution in [3.8, 4) is 0 Å². The molecule has 100 valence electrons. The maximum Gasteiger partial charge on any atom is 0.229 e. The van der Waals surface area contributed by atoms with Crippen LogP contribution in [0.15, 0.2) is 0 Å². The van der Waals surface area contributed by atoms with E-state index >= 15 is 0 Å². The number of aliphatic hydroxyl groups excluding tert-OH is 1. The summed E-state index contributed by atoms with van der Waals surface area (Å²) in [6.45, 7) is 1.53. The number of amides is 3. The molecule has 2 saturated heterocycles. The number of aliphatic hydroxyl groups is 1. The van der Waals surface area contributed by atoms with Gasteiger partial charge in [0, 0.05) is 51.4 Å². The van der Waals surface area contributed by atoms with Crippen LogP contribution in [0, 0.1) is 5.92 Å². The van der Waals surface area contributed by atoms with Crippen molar-refractivity contribution in [1.82, 2.24) is 9.80 Å². The van der Waals surface area contributed by atoms with Crippen molar-refractivity contribution in [3.05, 3.63) is 0 Å². The maximum absolute atomic E-state index is 11.9. The summed E-state index contributed by atoms with van der Waals surface area (Å²) in [6.07, 6.45) is 1.55. The number of hydrogen-bond acceptors (Lipinski definition) is 4. The van der Waals surface area contributed by atoms with Gasteiger partial charge >= 0.3 is 0 Å². The topological polar surface area (TPSA) is 77.9 Å². The van der Waals surface area contributed by atoms with E-state index in [-0.39, 0.29) is 56.1 Å². The zero-order valence-corrected chi connectivity index (χ0v) is 10.3. The molecule has 3 amide bonds. The molecule has 1 atom stereocenters. The van der Waals surface area contributed by atoms with E-state index in [1.165, 1.54) is 4.90 Å². The van der Waals surface area contributed by atoms with E-state index in [1.54, 1.807) is 4.90 Å². The van der Waals surface area contributed by atoms with Gasteiger partial charge in [-0.25, -0.2) is 0 Å². The Bertz CT molecular complexity index is 353. The van der Waals surface area contributed by atoms with Gasteiger partial charge in [-0.05, 0) is 6.42 Å². The smallest absolute Gasteiger partial charge is 0.229 e. The van der Waals surface area contributed by atoms with Gasteiger partial charge in [0.15, 0.2) is 0 Å². The normalized spacial score (nSPS) is 24.2. The summed E-state index contributed by atoms with van der Waals surface area (Å²) in [4.78, 5) is 37.5. The van der Waals surface area contributed by atoms with Crippen LogP contribution in [0.25, 0.3) is 0 Å². The van der Waals surface area contributed by atoms with Crippen LogP contribution in [-0.2, 0) is 14.4 Å². The molecule has 2 aliphatic heterocycles. The van der Waals surface area contributed by atoms with Gasteiger partial charge < -0.3 is 10.0 Å². The fourth-order valence-electron chi connectivity index (χ4n) is 2.45. The van der Waals surface area contributed by atoms with Crippen molar-refractivity contribution >= 4 is 17.7 Å². The molecular formula is C12H18N2O4. The summed E-state index contributed by atoms with van der Waals surface area (Å²) >= 11 is 0. The summed E-state index contributed by atoms with van der Waals surface area (Å²) in [5.41, 5.74) is 0. The third-order valence-corrected chi connectivity index (χ3v) is 3.60. The van der Waals surface area contributed by atoms with Crippen molar-refractivity contribution in [2.75, 3.05) is 26.2 Å². The first kappa shape index (κ1) is 13.0. The van der Waals surface area contributed by atoms with E-state index in [0.29, 0.717) is 13.1 Å². The van der Waals surface area contributed by atoms with Gasteiger partial charge in [-0.2, -0.15) is 0 Å². The molecule has 0 aliphatic carbocycles. The van der Waals surface area contributed by atoms with Gasteiger partial charge in [-0.1, -0.05) is 0 Å². The Morgan fingerprint density at radius 2 is 1.94 bits per heavy atom. The van der Waals surface area contributed by atoms with E-state index in [4.69, 9.17) is 5.11 Å². The van der Waals surface area contributed by atoms with E-state index < -0.39 is 0 Å². The Morgan fingerprint density at radius 3 is 2.50 bits per heavy atom. The second-order valence-electron chi connectivity index (χ2n) is 4.87. The molecule has 1 N–H and O–H groups in total. The Balaban J connectivity index is 1.78. The molecule has 2 heterocycles. The Morgan fingerprint density at radius 1 is 1.28 bits per heavy atom. The number of likely N-dealkylation sites (tertiary alicyclic amines) is 2. The molecule has 0 aromatic rings. The van der Waals surface area contributed by atoms with Crippen molar-refractivity contribution < 1.29 is 19.5 Å². The molecule has 0 radical (unpaired) electrons. The highest BCUT2D eigenvalue weighted by Gasteiger charge is 2.30. The second kappa shape index (κ2) is 5.48. The van der Waals surface area contributed by atoms with E-state index in [9.17, 15) is 14.4 Å². The summed E-state index contributed by atoms with van der Waals surface area (Å²) < 4.78 is 0. The van der Waals surface area contributed by atoms with Gasteiger partial charge in [-0.3, -0.25) is 19.3 Å². The molecule has 2 rings (SSSR count). The zero-order chi connectivity index (χ0) is 13.1. The predicted molar refractivity (Wildman–Crippen MR) is 62.3 cm³/mol. The van der Waals surface area contributed by atoms with Crippen LogP contribution in [-0.4, -0.2) is 58.9 Å². The zero-order valence-electron chi connectivity index (χ0n) is 10.3. The first-order chi connectivity index (χ1) is 8.61. The van der Waals surface area contributed by atoms with Crippen LogP contribution in [0.4, 0.5) is 0 Å². The molecule has 18 heavy (non-hydrogen) atoms. The molecule has 0 spiro atoms. The Hall–Kier alpha value is -1.43. The van der Waals surface area contributed by atoms with Crippen LogP contribution in [0.5, 0.6) is 0 Å². The van der Waals surface area contributed by atoms with Gasteiger partial charge in [0.1, 0.15) is 0 Å². The first-order valence-electron chi connectivity index (χ1n) is 6.33. The van der Waals surface area contributed by atoms with Crippen LogP contribution < -0.4 is 0 Å². The van der Waals surface area contributed by atoms with Crippen LogP contribution in [0.2, 0.25) is 0 Å². The highest BCUT2D eigenvalue weighted by molar-refractivity contribution is 6.02. The number of rotatable bonds is 4. The van der Waals surface area contributed by atoms with Crippen LogP contribution in [0.1, 0.15) is 25.7 Å². The summed E-state index contributed by atoms with van der Waals surface area (Å²) in [5, 5.41) is 9.00. The standard InChI is InChI=1S/C12H18N2O4/c15-8-9-3-5-13(7-9)10(16)4-6-14-11(17)1-2-12(14)18/h9,15H,1-8H2. The molecule has 0 bridgehead atoms. The van der Waals surface area contributed by atoms with Gasteiger partial charge in [0.25, 0.3) is 0 Å². The molecule has 0 aromatic heterocycles. The molecule has 2 fully saturated rings. The van der Waals surface area contributed by atoms with Crippen molar-refractivity contribution in [3.63, 3.8) is 0 Å². The van der Waals surface area contributed by atoms with E-state index in [2.05, 4.69) is 0 Å². The fourth-order valence-corrected chi connectivity index (χ4v) is 2.45. The number of nitrogens with zero attached hydrogens (tertiary/aromatic N) is 2. The number of imide groups is 1. The monoisotopic (exact) mass is 254 g/mol. The van der Waals surface area contributed by atoms with Crippen molar-refractivity contribution in [1.29, 1.82) is 0 Å². The highest BCUT2D eigenvalue weighted by Crippen LogP contribution is 2.17. The average molecular weight is 254 g/mol. The Labute approximate surface area is 106 Å². The highest BCUT2D eigenvalue weighted by atomic mass is 16.3. The quantitative estimate of drug-likeness (QED) is 0.677. The lowest BCUT2D eigenvalue weighted by molar-refractivity contribution is -0.139. The third kappa shape index (κ3) is 2.69. The van der Waals surface area contributed by atoms with Gasteiger partial charge in [0.2, 0.25) is 17.7 Å². The average Bonchev–Trinajstić information content (AvgIpc) is 2.95. The number of carbonyl (C=O) groups excluding carboxylic acids is 3. The minimum absolute atomic E-state index is 0.0431.